The van der Waals surface area contributed by atoms with E-state index in [1.54, 1.807) is 0 Å². The summed E-state index contributed by atoms with van der Waals surface area (Å²) in [6, 6.07) is 19.2. The highest BCUT2D eigenvalue weighted by Crippen LogP contribution is 2.23. The van der Waals surface area contributed by atoms with Crippen LogP contribution >= 0.6 is 11.8 Å². The normalized spacial score (nSPS) is 10.8. The number of benzene rings is 2. The predicted octanol–water partition coefficient (Wildman–Crippen LogP) is 3.26. The molecule has 8 nitrogen and oxygen atoms in total. The van der Waals surface area contributed by atoms with Crippen molar-refractivity contribution in [3.05, 3.63) is 60.7 Å². The van der Waals surface area contributed by atoms with E-state index < -0.39 is 0 Å². The standard InChI is InChI=1S/C19H16N6O2S/c1-25-16(13-8-4-2-5-9-13)21-24-19(25)28-12-15(26)20-18-23-22-17(27-18)14-10-6-3-7-11-14/h2-11H,12H2,1H3,(H,20,23,26). The van der Waals surface area contributed by atoms with Crippen molar-refractivity contribution < 1.29 is 9.21 Å². The molecule has 1 amide bonds. The topological polar surface area (TPSA) is 98.7 Å². The molecule has 1 N–H and O–H groups in total. The third kappa shape index (κ3) is 3.94. The Kier molecular flexibility index (Phi) is 5.16. The van der Waals surface area contributed by atoms with E-state index in [1.165, 1.54) is 11.8 Å². The van der Waals surface area contributed by atoms with Crippen molar-refractivity contribution in [2.45, 2.75) is 5.16 Å². The van der Waals surface area contributed by atoms with Gasteiger partial charge in [0, 0.05) is 18.2 Å². The number of hydrogen-bond donors (Lipinski definition) is 1. The summed E-state index contributed by atoms with van der Waals surface area (Å²) in [4.78, 5) is 12.2. The Morgan fingerprint density at radius 2 is 1.64 bits per heavy atom. The maximum Gasteiger partial charge on any atom is 0.322 e. The first-order valence-corrected chi connectivity index (χ1v) is 9.45. The summed E-state index contributed by atoms with van der Waals surface area (Å²) in [5.74, 6) is 0.971. The number of hydrogen-bond acceptors (Lipinski definition) is 7. The molecule has 2 aromatic carbocycles. The molecule has 9 heteroatoms. The lowest BCUT2D eigenvalue weighted by atomic mass is 10.2. The second-order valence-corrected chi connectivity index (χ2v) is 6.79. The fourth-order valence-corrected chi connectivity index (χ4v) is 3.25. The number of rotatable bonds is 6. The molecule has 0 aliphatic heterocycles. The van der Waals surface area contributed by atoms with Gasteiger partial charge in [-0.15, -0.1) is 15.3 Å². The van der Waals surface area contributed by atoms with Crippen LogP contribution in [-0.4, -0.2) is 36.6 Å². The quantitative estimate of drug-likeness (QED) is 0.503. The largest absolute Gasteiger partial charge is 0.403 e. The maximum absolute atomic E-state index is 12.2. The molecule has 0 aliphatic carbocycles. The van der Waals surface area contributed by atoms with Crippen molar-refractivity contribution in [3.8, 4) is 22.8 Å². The highest BCUT2D eigenvalue weighted by Gasteiger charge is 2.15. The zero-order valence-electron chi connectivity index (χ0n) is 14.9. The van der Waals surface area contributed by atoms with Gasteiger partial charge < -0.3 is 8.98 Å². The summed E-state index contributed by atoms with van der Waals surface area (Å²) in [6.07, 6.45) is 0. The molecule has 2 heterocycles. The molecule has 0 radical (unpaired) electrons. The first kappa shape index (κ1) is 17.9. The van der Waals surface area contributed by atoms with E-state index in [1.807, 2.05) is 72.3 Å². The molecule has 0 atom stereocenters. The van der Waals surface area contributed by atoms with Gasteiger partial charge in [-0.05, 0) is 12.1 Å². The molecule has 4 rings (SSSR count). The number of amides is 1. The van der Waals surface area contributed by atoms with Gasteiger partial charge in [0.15, 0.2) is 11.0 Å². The van der Waals surface area contributed by atoms with E-state index in [2.05, 4.69) is 25.7 Å². The highest BCUT2D eigenvalue weighted by molar-refractivity contribution is 7.99. The average Bonchev–Trinajstić information content (AvgIpc) is 3.34. The summed E-state index contributed by atoms with van der Waals surface area (Å²) in [6.45, 7) is 0. The molecular formula is C19H16N6O2S. The van der Waals surface area contributed by atoms with Crippen molar-refractivity contribution >= 4 is 23.7 Å². The van der Waals surface area contributed by atoms with Crippen LogP contribution in [-0.2, 0) is 11.8 Å². The molecule has 2 aromatic heterocycles. The zero-order chi connectivity index (χ0) is 19.3. The van der Waals surface area contributed by atoms with E-state index in [0.29, 0.717) is 11.0 Å². The van der Waals surface area contributed by atoms with Gasteiger partial charge in [-0.1, -0.05) is 65.4 Å². The van der Waals surface area contributed by atoms with Crippen molar-refractivity contribution in [1.82, 2.24) is 25.0 Å². The van der Waals surface area contributed by atoms with E-state index in [9.17, 15) is 4.79 Å². The van der Waals surface area contributed by atoms with Crippen LogP contribution in [0.5, 0.6) is 0 Å². The van der Waals surface area contributed by atoms with E-state index in [4.69, 9.17) is 4.42 Å². The SMILES string of the molecule is Cn1c(SCC(=O)Nc2nnc(-c3ccccc3)o2)nnc1-c1ccccc1. The van der Waals surface area contributed by atoms with Gasteiger partial charge >= 0.3 is 6.01 Å². The summed E-state index contributed by atoms with van der Waals surface area (Å²) in [7, 11) is 1.87. The minimum absolute atomic E-state index is 0.0624. The first-order chi connectivity index (χ1) is 13.7. The number of carbonyl (C=O) groups excluding carboxylic acids is 1. The van der Waals surface area contributed by atoms with Crippen LogP contribution in [0, 0.1) is 0 Å². The highest BCUT2D eigenvalue weighted by atomic mass is 32.2. The van der Waals surface area contributed by atoms with Crippen LogP contribution < -0.4 is 5.32 Å². The van der Waals surface area contributed by atoms with E-state index >= 15 is 0 Å². The molecule has 140 valence electrons. The van der Waals surface area contributed by atoms with Crippen LogP contribution in [0.4, 0.5) is 6.01 Å². The number of aromatic nitrogens is 5. The summed E-state index contributed by atoms with van der Waals surface area (Å²) >= 11 is 1.28. The lowest BCUT2D eigenvalue weighted by Crippen LogP contribution is -2.14. The van der Waals surface area contributed by atoms with Crippen molar-refractivity contribution in [2.24, 2.45) is 7.05 Å². The van der Waals surface area contributed by atoms with Gasteiger partial charge in [0.2, 0.25) is 11.8 Å². The monoisotopic (exact) mass is 392 g/mol. The second kappa shape index (κ2) is 8.05. The summed E-state index contributed by atoms with van der Waals surface area (Å²) < 4.78 is 7.34. The fraction of sp³-hybridized carbons (Fsp3) is 0.105. The number of nitrogens with zero attached hydrogens (tertiary/aromatic N) is 5. The Balaban J connectivity index is 1.37. The number of thioether (sulfide) groups is 1. The molecule has 0 fully saturated rings. The second-order valence-electron chi connectivity index (χ2n) is 5.85. The van der Waals surface area contributed by atoms with Crippen LogP contribution in [0.2, 0.25) is 0 Å². The van der Waals surface area contributed by atoms with Gasteiger partial charge in [-0.25, -0.2) is 0 Å². The van der Waals surface area contributed by atoms with Gasteiger partial charge in [-0.2, -0.15) is 0 Å². The first-order valence-electron chi connectivity index (χ1n) is 8.47. The van der Waals surface area contributed by atoms with Gasteiger partial charge in [0.1, 0.15) is 0 Å². The Bertz CT molecular complexity index is 1080. The number of anilines is 1. The lowest BCUT2D eigenvalue weighted by molar-refractivity contribution is -0.113. The van der Waals surface area contributed by atoms with Crippen molar-refractivity contribution in [2.75, 3.05) is 11.1 Å². The zero-order valence-corrected chi connectivity index (χ0v) is 15.8. The van der Waals surface area contributed by atoms with E-state index in [-0.39, 0.29) is 17.7 Å². The number of carbonyl (C=O) groups is 1. The third-order valence-electron chi connectivity index (χ3n) is 3.89. The molecule has 0 unspecified atom stereocenters. The van der Waals surface area contributed by atoms with Crippen LogP contribution in [0.3, 0.4) is 0 Å². The average molecular weight is 392 g/mol. The Labute approximate surface area is 165 Å². The molecule has 28 heavy (non-hydrogen) atoms. The van der Waals surface area contributed by atoms with Gasteiger partial charge in [-0.3, -0.25) is 10.1 Å². The minimum atomic E-state index is -0.266. The fourth-order valence-electron chi connectivity index (χ4n) is 2.54. The Hall–Kier alpha value is -3.46. The number of nitrogens with one attached hydrogen (secondary N) is 1. The lowest BCUT2D eigenvalue weighted by Gasteiger charge is -2.03. The molecule has 4 aromatic rings. The smallest absolute Gasteiger partial charge is 0.322 e. The Morgan fingerprint density at radius 3 is 2.36 bits per heavy atom. The van der Waals surface area contributed by atoms with Crippen LogP contribution in [0.1, 0.15) is 0 Å². The predicted molar refractivity (Wildman–Crippen MR) is 106 cm³/mol. The molecule has 0 spiro atoms. The molecular weight excluding hydrogens is 376 g/mol. The Morgan fingerprint density at radius 1 is 0.964 bits per heavy atom. The van der Waals surface area contributed by atoms with Crippen LogP contribution in [0.25, 0.3) is 22.8 Å². The third-order valence-corrected chi connectivity index (χ3v) is 4.91. The molecule has 0 saturated carbocycles. The van der Waals surface area contributed by atoms with Crippen molar-refractivity contribution in [1.29, 1.82) is 0 Å². The summed E-state index contributed by atoms with van der Waals surface area (Å²) in [5.41, 5.74) is 1.76. The molecule has 0 bridgehead atoms. The summed E-state index contributed by atoms with van der Waals surface area (Å²) in [5, 5.41) is 19.4. The van der Waals surface area contributed by atoms with Crippen LogP contribution in [0.15, 0.2) is 70.2 Å². The van der Waals surface area contributed by atoms with Gasteiger partial charge in [0.05, 0.1) is 5.75 Å². The molecule has 0 aliphatic rings. The maximum atomic E-state index is 12.2. The van der Waals surface area contributed by atoms with Gasteiger partial charge in [0.25, 0.3) is 0 Å². The van der Waals surface area contributed by atoms with E-state index in [0.717, 1.165) is 17.0 Å². The minimum Gasteiger partial charge on any atom is -0.403 e. The van der Waals surface area contributed by atoms with Crippen molar-refractivity contribution in [3.63, 3.8) is 0 Å². The molecule has 0 saturated heterocycles.